The smallest absolute Gasteiger partial charge is 0.0806 e. The van der Waals surface area contributed by atoms with Gasteiger partial charge in [0.05, 0.1) is 23.9 Å². The molecule has 12 unspecified atom stereocenters. The monoisotopic (exact) mass is 419 g/mol. The van der Waals surface area contributed by atoms with Gasteiger partial charge >= 0.3 is 0 Å². The van der Waals surface area contributed by atoms with Crippen LogP contribution >= 0.6 is 0 Å². The maximum atomic E-state index is 11.7. The van der Waals surface area contributed by atoms with Crippen LogP contribution in [0.15, 0.2) is 0 Å². The Balaban J connectivity index is 1.60. The third kappa shape index (κ3) is 2.00. The van der Waals surface area contributed by atoms with Gasteiger partial charge in [0.2, 0.25) is 0 Å². The first-order valence-corrected chi connectivity index (χ1v) is 12.5. The molecular formula is C25H41NO4. The molecule has 1 N–H and O–H groups in total. The van der Waals surface area contributed by atoms with Crippen molar-refractivity contribution >= 4 is 0 Å². The van der Waals surface area contributed by atoms with Crippen molar-refractivity contribution in [1.29, 1.82) is 0 Å². The van der Waals surface area contributed by atoms with Crippen LogP contribution < -0.4 is 0 Å². The van der Waals surface area contributed by atoms with Gasteiger partial charge in [0.1, 0.15) is 0 Å². The molecule has 0 aromatic carbocycles. The summed E-state index contributed by atoms with van der Waals surface area (Å²) in [5.74, 6) is 2.09. The summed E-state index contributed by atoms with van der Waals surface area (Å²) >= 11 is 0. The minimum absolute atomic E-state index is 0.106. The normalized spacial score (nSPS) is 60.8. The highest BCUT2D eigenvalue weighted by Crippen LogP contribution is 2.79. The topological polar surface area (TPSA) is 51.2 Å². The maximum absolute atomic E-state index is 11.7. The second-order valence-corrected chi connectivity index (χ2v) is 11.7. The number of nitrogens with zero attached hydrogens (tertiary/aromatic N) is 1. The third-order valence-corrected chi connectivity index (χ3v) is 11.3. The van der Waals surface area contributed by atoms with Crippen molar-refractivity contribution in [2.45, 2.75) is 82.8 Å². The molecule has 1 heterocycles. The summed E-state index contributed by atoms with van der Waals surface area (Å²) in [6.45, 7) is 10.1. The molecule has 6 aliphatic rings. The van der Waals surface area contributed by atoms with Crippen LogP contribution in [0.25, 0.3) is 0 Å². The molecule has 5 nitrogen and oxygen atoms in total. The van der Waals surface area contributed by atoms with Crippen molar-refractivity contribution in [2.75, 3.05) is 33.9 Å². The summed E-state index contributed by atoms with van der Waals surface area (Å²) in [7, 11) is 3.78. The molecule has 0 aromatic rings. The number of likely N-dealkylation sites (tertiary alicyclic amines) is 1. The van der Waals surface area contributed by atoms with E-state index in [4.69, 9.17) is 14.2 Å². The Morgan fingerprint density at radius 1 is 1.10 bits per heavy atom. The second-order valence-electron chi connectivity index (χ2n) is 11.7. The number of hydrogen-bond acceptors (Lipinski definition) is 5. The lowest BCUT2D eigenvalue weighted by Crippen LogP contribution is -2.76. The third-order valence-electron chi connectivity index (χ3n) is 11.3. The van der Waals surface area contributed by atoms with Crippen LogP contribution in [-0.2, 0) is 14.2 Å². The van der Waals surface area contributed by atoms with Crippen LogP contribution in [0.5, 0.6) is 0 Å². The van der Waals surface area contributed by atoms with E-state index < -0.39 is 0 Å². The summed E-state index contributed by atoms with van der Waals surface area (Å²) < 4.78 is 19.2. The fraction of sp³-hybridized carbons (Fsp3) is 1.00. The molecule has 170 valence electrons. The molecule has 7 bridgehead atoms. The fourth-order valence-corrected chi connectivity index (χ4v) is 10.9. The number of hydrogen-bond donors (Lipinski definition) is 1. The molecule has 5 heteroatoms. The molecule has 5 aliphatic carbocycles. The molecule has 1 saturated heterocycles. The van der Waals surface area contributed by atoms with Crippen LogP contribution in [0.4, 0.5) is 0 Å². The number of methoxy groups -OCH3 is 2. The van der Waals surface area contributed by atoms with Crippen LogP contribution in [0, 0.1) is 40.4 Å². The lowest BCUT2D eigenvalue weighted by molar-refractivity contribution is -0.280. The van der Waals surface area contributed by atoms with Gasteiger partial charge in [0.15, 0.2) is 0 Å². The van der Waals surface area contributed by atoms with Crippen molar-refractivity contribution in [3.8, 4) is 0 Å². The predicted octanol–water partition coefficient (Wildman–Crippen LogP) is 2.95. The first kappa shape index (κ1) is 20.4. The highest BCUT2D eigenvalue weighted by molar-refractivity contribution is 5.33. The Hall–Kier alpha value is -0.200. The Morgan fingerprint density at radius 2 is 1.90 bits per heavy atom. The van der Waals surface area contributed by atoms with Crippen LogP contribution in [-0.4, -0.2) is 73.9 Å². The number of rotatable bonds is 5. The second kappa shape index (κ2) is 6.44. The SMILES string of the molecule is CCOC12CC(OC)C3CC(C1C3O)C13C(OC)CCC4(C)CN(CC)C1C2CC43. The standard InChI is InChI=1S/C25H41NO4/c1-6-26-13-23(3)9-8-19(29-5)25-15-10-14-17(28-4)12-24(30-7-2,20(15)21(14)27)16(22(25)26)11-18(23)25/h14-22,27H,6-13H2,1-5H3. The van der Waals surface area contributed by atoms with Crippen LogP contribution in [0.1, 0.15) is 52.9 Å². The summed E-state index contributed by atoms with van der Waals surface area (Å²) in [5.41, 5.74) is 0.257. The Bertz CT molecular complexity index is 717. The number of aliphatic hydroxyl groups is 1. The van der Waals surface area contributed by atoms with E-state index in [1.54, 1.807) is 0 Å². The minimum atomic E-state index is -0.306. The van der Waals surface area contributed by atoms with Gasteiger partial charge in [-0.25, -0.2) is 0 Å². The Morgan fingerprint density at radius 3 is 2.57 bits per heavy atom. The zero-order valence-corrected chi connectivity index (χ0v) is 19.5. The lowest BCUT2D eigenvalue weighted by Gasteiger charge is -2.69. The van der Waals surface area contributed by atoms with Crippen LogP contribution in [0.3, 0.4) is 0 Å². The number of piperidine rings is 1. The van der Waals surface area contributed by atoms with E-state index in [1.807, 2.05) is 14.2 Å². The van der Waals surface area contributed by atoms with Gasteiger partial charge < -0.3 is 19.3 Å². The fourth-order valence-electron chi connectivity index (χ4n) is 10.9. The summed E-state index contributed by atoms with van der Waals surface area (Å²) in [4.78, 5) is 2.82. The average Bonchev–Trinajstić information content (AvgIpc) is 3.15. The van der Waals surface area contributed by atoms with E-state index in [0.29, 0.717) is 35.3 Å². The molecule has 5 saturated carbocycles. The zero-order valence-electron chi connectivity index (χ0n) is 19.5. The molecule has 6 rings (SSSR count). The molecule has 0 aromatic heterocycles. The molecule has 1 aliphatic heterocycles. The summed E-state index contributed by atoms with van der Waals surface area (Å²) in [5, 5.41) is 11.7. The van der Waals surface area contributed by atoms with E-state index in [2.05, 4.69) is 25.7 Å². The highest BCUT2D eigenvalue weighted by atomic mass is 16.5. The number of ether oxygens (including phenoxy) is 3. The lowest BCUT2D eigenvalue weighted by atomic mass is 9.43. The van der Waals surface area contributed by atoms with Gasteiger partial charge in [-0.3, -0.25) is 4.90 Å². The van der Waals surface area contributed by atoms with Crippen molar-refractivity contribution < 1.29 is 19.3 Å². The molecule has 1 spiro atoms. The number of aliphatic hydroxyl groups excluding tert-OH is 1. The van der Waals surface area contributed by atoms with Gasteiger partial charge in [0.25, 0.3) is 0 Å². The molecule has 6 fully saturated rings. The van der Waals surface area contributed by atoms with E-state index in [0.717, 1.165) is 26.0 Å². The maximum Gasteiger partial charge on any atom is 0.0806 e. The Labute approximate surface area is 181 Å². The largest absolute Gasteiger partial charge is 0.392 e. The minimum Gasteiger partial charge on any atom is -0.392 e. The van der Waals surface area contributed by atoms with E-state index in [1.165, 1.54) is 25.8 Å². The summed E-state index contributed by atoms with van der Waals surface area (Å²) in [6.07, 6.45) is 5.80. The number of fused-ring (bicyclic) bond motifs is 2. The zero-order chi connectivity index (χ0) is 21.1. The molecular weight excluding hydrogens is 378 g/mol. The molecule has 0 amide bonds. The van der Waals surface area contributed by atoms with E-state index >= 15 is 0 Å². The van der Waals surface area contributed by atoms with Crippen LogP contribution in [0.2, 0.25) is 0 Å². The van der Waals surface area contributed by atoms with Crippen molar-refractivity contribution in [3.63, 3.8) is 0 Å². The molecule has 12 atom stereocenters. The first-order chi connectivity index (χ1) is 14.4. The van der Waals surface area contributed by atoms with Crippen molar-refractivity contribution in [3.05, 3.63) is 0 Å². The molecule has 30 heavy (non-hydrogen) atoms. The van der Waals surface area contributed by atoms with E-state index in [9.17, 15) is 5.11 Å². The predicted molar refractivity (Wildman–Crippen MR) is 114 cm³/mol. The van der Waals surface area contributed by atoms with Gasteiger partial charge in [-0.05, 0) is 56.4 Å². The van der Waals surface area contributed by atoms with Gasteiger partial charge in [0, 0.05) is 63.0 Å². The van der Waals surface area contributed by atoms with Crippen molar-refractivity contribution in [1.82, 2.24) is 4.90 Å². The quantitative estimate of drug-likeness (QED) is 0.743. The molecule has 0 radical (unpaired) electrons. The van der Waals surface area contributed by atoms with E-state index in [-0.39, 0.29) is 35.1 Å². The van der Waals surface area contributed by atoms with Gasteiger partial charge in [-0.1, -0.05) is 13.8 Å². The summed E-state index contributed by atoms with van der Waals surface area (Å²) in [6, 6.07) is 0.514. The van der Waals surface area contributed by atoms with Gasteiger partial charge in [-0.2, -0.15) is 0 Å². The highest BCUT2D eigenvalue weighted by Gasteiger charge is 2.83. The van der Waals surface area contributed by atoms with Crippen molar-refractivity contribution in [2.24, 2.45) is 40.4 Å². The Kier molecular flexibility index (Phi) is 4.38. The average molecular weight is 420 g/mol. The van der Waals surface area contributed by atoms with Gasteiger partial charge in [-0.15, -0.1) is 0 Å². The first-order valence-electron chi connectivity index (χ1n) is 12.5.